The average molecular weight is 288 g/mol. The number of rotatable bonds is 1. The van der Waals surface area contributed by atoms with Crippen LogP contribution in [0, 0.1) is 0 Å². The summed E-state index contributed by atoms with van der Waals surface area (Å²) in [5, 5.41) is 3.70. The Morgan fingerprint density at radius 1 is 1.25 bits per heavy atom. The molecule has 1 aliphatic rings. The van der Waals surface area contributed by atoms with Gasteiger partial charge in [0, 0.05) is 16.3 Å². The van der Waals surface area contributed by atoms with E-state index in [0.717, 1.165) is 13.0 Å². The second-order valence-corrected chi connectivity index (χ2v) is 7.71. The molecule has 0 spiro atoms. The number of piperidine rings is 1. The quantitative estimate of drug-likeness (QED) is 0.853. The molecule has 1 aromatic carbocycles. The second-order valence-electron chi connectivity index (χ2n) is 6.80. The summed E-state index contributed by atoms with van der Waals surface area (Å²) < 4.78 is 1.37. The number of nitrogens with two attached hydrogens (primary N) is 1. The Morgan fingerprint density at radius 3 is 2.75 bits per heavy atom. The minimum atomic E-state index is 0.158. The zero-order valence-electron chi connectivity index (χ0n) is 12.6. The first-order valence-electron chi connectivity index (χ1n) is 7.47. The molecule has 1 aromatic heterocycles. The first-order valence-corrected chi connectivity index (χ1v) is 8.35. The van der Waals surface area contributed by atoms with Crippen molar-refractivity contribution in [2.45, 2.75) is 51.2 Å². The van der Waals surface area contributed by atoms with Crippen molar-refractivity contribution in [3.8, 4) is 0 Å². The van der Waals surface area contributed by atoms with Gasteiger partial charge in [0.15, 0.2) is 0 Å². The molecule has 1 aliphatic heterocycles. The van der Waals surface area contributed by atoms with Crippen LogP contribution < -0.4 is 5.73 Å². The van der Waals surface area contributed by atoms with E-state index in [1.54, 1.807) is 0 Å². The Balaban J connectivity index is 2.08. The monoisotopic (exact) mass is 288 g/mol. The van der Waals surface area contributed by atoms with E-state index >= 15 is 0 Å². The number of fused-ring (bicyclic) bond motifs is 1. The van der Waals surface area contributed by atoms with Crippen molar-refractivity contribution in [2.24, 2.45) is 5.73 Å². The van der Waals surface area contributed by atoms with Crippen molar-refractivity contribution < 1.29 is 0 Å². The lowest BCUT2D eigenvalue weighted by atomic mass is 9.87. The molecule has 3 rings (SSSR count). The molecule has 2 unspecified atom stereocenters. The number of hydrogen-bond donors (Lipinski definition) is 1. The topological polar surface area (TPSA) is 29.3 Å². The van der Waals surface area contributed by atoms with E-state index in [9.17, 15) is 0 Å². The number of hydrogen-bond acceptors (Lipinski definition) is 3. The van der Waals surface area contributed by atoms with Crippen molar-refractivity contribution in [1.29, 1.82) is 0 Å². The summed E-state index contributed by atoms with van der Waals surface area (Å²) >= 11 is 1.84. The zero-order valence-corrected chi connectivity index (χ0v) is 13.4. The minimum absolute atomic E-state index is 0.158. The Morgan fingerprint density at radius 2 is 2.00 bits per heavy atom. The molecule has 2 nitrogen and oxygen atoms in total. The molecule has 2 aromatic rings. The normalized spacial score (nSPS) is 25.2. The van der Waals surface area contributed by atoms with Crippen LogP contribution in [0.1, 0.15) is 45.2 Å². The molecule has 108 valence electrons. The van der Waals surface area contributed by atoms with Gasteiger partial charge in [0.25, 0.3) is 0 Å². The van der Waals surface area contributed by atoms with Gasteiger partial charge in [0.2, 0.25) is 0 Å². The molecule has 20 heavy (non-hydrogen) atoms. The smallest absolute Gasteiger partial charge is 0.0518 e. The van der Waals surface area contributed by atoms with Crippen LogP contribution in [0.5, 0.6) is 0 Å². The van der Waals surface area contributed by atoms with Crippen molar-refractivity contribution in [3.63, 3.8) is 0 Å². The van der Waals surface area contributed by atoms with Crippen LogP contribution in [-0.4, -0.2) is 23.0 Å². The largest absolute Gasteiger partial charge is 0.326 e. The predicted octanol–water partition coefficient (Wildman–Crippen LogP) is 4.16. The van der Waals surface area contributed by atoms with Crippen LogP contribution in [0.2, 0.25) is 0 Å². The van der Waals surface area contributed by atoms with Gasteiger partial charge < -0.3 is 5.73 Å². The third-order valence-electron chi connectivity index (χ3n) is 4.37. The lowest BCUT2D eigenvalue weighted by Crippen LogP contribution is -2.53. The lowest BCUT2D eigenvalue weighted by molar-refractivity contribution is 0.0393. The molecular formula is C17H24N2S. The van der Waals surface area contributed by atoms with E-state index in [1.165, 1.54) is 22.1 Å². The third-order valence-corrected chi connectivity index (χ3v) is 5.35. The van der Waals surface area contributed by atoms with E-state index in [0.29, 0.717) is 6.04 Å². The fourth-order valence-corrected chi connectivity index (χ4v) is 4.39. The Hall–Kier alpha value is -0.900. The maximum absolute atomic E-state index is 6.51. The third kappa shape index (κ3) is 2.39. The van der Waals surface area contributed by atoms with Crippen LogP contribution in [0.15, 0.2) is 29.6 Å². The van der Waals surface area contributed by atoms with E-state index in [1.807, 2.05) is 11.3 Å². The maximum atomic E-state index is 6.51. The summed E-state index contributed by atoms with van der Waals surface area (Å²) in [6.07, 6.45) is 2.33. The second kappa shape index (κ2) is 5.14. The Bertz CT molecular complexity index is 596. The molecule has 2 N–H and O–H groups in total. The number of nitrogens with zero attached hydrogens (tertiary/aromatic N) is 1. The Kier molecular flexibility index (Phi) is 3.61. The molecule has 0 saturated carbocycles. The molecule has 1 fully saturated rings. The van der Waals surface area contributed by atoms with Gasteiger partial charge in [-0.2, -0.15) is 0 Å². The number of thiophene rings is 1. The highest BCUT2D eigenvalue weighted by Crippen LogP contribution is 2.40. The molecule has 3 heteroatoms. The molecule has 0 aliphatic carbocycles. The van der Waals surface area contributed by atoms with Crippen molar-refractivity contribution in [2.75, 3.05) is 6.54 Å². The molecule has 0 amide bonds. The summed E-state index contributed by atoms with van der Waals surface area (Å²) in [5.74, 6) is 0. The highest BCUT2D eigenvalue weighted by molar-refractivity contribution is 7.17. The predicted molar refractivity (Wildman–Crippen MR) is 88.2 cm³/mol. The lowest BCUT2D eigenvalue weighted by Gasteiger charge is -2.47. The molecule has 2 heterocycles. The van der Waals surface area contributed by atoms with Gasteiger partial charge in [-0.3, -0.25) is 4.90 Å². The fraction of sp³-hybridized carbons (Fsp3) is 0.529. The first-order chi connectivity index (χ1) is 9.48. The average Bonchev–Trinajstić information content (AvgIpc) is 2.81. The van der Waals surface area contributed by atoms with E-state index in [2.05, 4.69) is 55.3 Å². The van der Waals surface area contributed by atoms with Crippen molar-refractivity contribution >= 4 is 21.4 Å². The van der Waals surface area contributed by atoms with Gasteiger partial charge in [-0.1, -0.05) is 18.2 Å². The van der Waals surface area contributed by atoms with Gasteiger partial charge in [0.1, 0.15) is 0 Å². The van der Waals surface area contributed by atoms with Crippen molar-refractivity contribution in [3.05, 3.63) is 35.2 Å². The van der Waals surface area contributed by atoms with E-state index in [4.69, 9.17) is 5.73 Å². The molecule has 0 bridgehead atoms. The summed E-state index contributed by atoms with van der Waals surface area (Å²) in [6, 6.07) is 9.28. The number of likely N-dealkylation sites (tertiary alicyclic amines) is 1. The van der Waals surface area contributed by atoms with E-state index in [-0.39, 0.29) is 11.6 Å². The minimum Gasteiger partial charge on any atom is -0.326 e. The summed E-state index contributed by atoms with van der Waals surface area (Å²) in [5.41, 5.74) is 8.09. The van der Waals surface area contributed by atoms with Crippen molar-refractivity contribution in [1.82, 2.24) is 4.90 Å². The highest BCUT2D eigenvalue weighted by atomic mass is 32.1. The molecule has 2 atom stereocenters. The van der Waals surface area contributed by atoms with Gasteiger partial charge >= 0.3 is 0 Å². The summed E-state index contributed by atoms with van der Waals surface area (Å²) in [4.78, 5) is 2.59. The van der Waals surface area contributed by atoms with Crippen LogP contribution in [0.3, 0.4) is 0 Å². The van der Waals surface area contributed by atoms with Crippen LogP contribution in [0.4, 0.5) is 0 Å². The molecule has 0 radical (unpaired) electrons. The fourth-order valence-electron chi connectivity index (χ4n) is 3.40. The summed E-state index contributed by atoms with van der Waals surface area (Å²) in [6.45, 7) is 8.04. The molecule has 1 saturated heterocycles. The molecular weight excluding hydrogens is 264 g/mol. The zero-order chi connectivity index (χ0) is 14.3. The number of benzene rings is 1. The summed E-state index contributed by atoms with van der Waals surface area (Å²) in [7, 11) is 0. The SMILES string of the molecule is CC(C)(C)N1CCCC(N)C1c1csc2ccccc12. The van der Waals surface area contributed by atoms with Gasteiger partial charge in [-0.25, -0.2) is 0 Å². The Labute approximate surface area is 125 Å². The highest BCUT2D eigenvalue weighted by Gasteiger charge is 2.37. The van der Waals surface area contributed by atoms with Gasteiger partial charge in [0.05, 0.1) is 6.04 Å². The maximum Gasteiger partial charge on any atom is 0.0518 e. The van der Waals surface area contributed by atoms with E-state index < -0.39 is 0 Å². The van der Waals surface area contributed by atoms with Crippen LogP contribution >= 0.6 is 11.3 Å². The first kappa shape index (κ1) is 14.1. The van der Waals surface area contributed by atoms with Crippen LogP contribution in [-0.2, 0) is 0 Å². The standard InChI is InChI=1S/C17H24N2S/c1-17(2,3)19-10-6-8-14(18)16(19)13-11-20-15-9-5-4-7-12(13)15/h4-5,7,9,11,14,16H,6,8,10,18H2,1-3H3. The van der Waals surface area contributed by atoms with Gasteiger partial charge in [-0.05, 0) is 62.6 Å². The van der Waals surface area contributed by atoms with Crippen LogP contribution in [0.25, 0.3) is 10.1 Å². The van der Waals surface area contributed by atoms with Gasteiger partial charge in [-0.15, -0.1) is 11.3 Å².